The average Bonchev–Trinajstić information content (AvgIpc) is 2.77. The monoisotopic (exact) mass is 453 g/mol. The Kier molecular flexibility index (Phi) is 5.68. The molecule has 4 rings (SSSR count). The van der Waals surface area contributed by atoms with Gasteiger partial charge in [0.25, 0.3) is 5.56 Å². The smallest absolute Gasteiger partial charge is 0.267 e. The van der Waals surface area contributed by atoms with Gasteiger partial charge in [0.15, 0.2) is 0 Å². The number of sulfonamides is 1. The Morgan fingerprint density at radius 3 is 1.91 bits per heavy atom. The molecule has 0 aliphatic rings. The zero-order valence-electron chi connectivity index (χ0n) is 16.6. The zero-order chi connectivity index (χ0) is 22.9. The maximum Gasteiger partial charge on any atom is 0.275 e. The summed E-state index contributed by atoms with van der Waals surface area (Å²) < 4.78 is 51.0. The molecule has 9 heteroatoms. The van der Waals surface area contributed by atoms with Gasteiger partial charge in [-0.3, -0.25) is 4.79 Å². The third-order valence-corrected chi connectivity index (χ3v) is 5.85. The molecule has 0 bridgehead atoms. The van der Waals surface area contributed by atoms with E-state index in [1.807, 2.05) is 0 Å². The minimum Gasteiger partial charge on any atom is -0.267 e. The maximum absolute atomic E-state index is 13.5. The van der Waals surface area contributed by atoms with Gasteiger partial charge >= 0.3 is 0 Å². The number of hydrogen-bond acceptors (Lipinski definition) is 4. The van der Waals surface area contributed by atoms with Gasteiger partial charge in [-0.1, -0.05) is 36.4 Å². The van der Waals surface area contributed by atoms with E-state index in [-0.39, 0.29) is 22.8 Å². The van der Waals surface area contributed by atoms with Crippen molar-refractivity contribution in [2.24, 2.45) is 5.14 Å². The van der Waals surface area contributed by atoms with E-state index < -0.39 is 21.4 Å². The van der Waals surface area contributed by atoms with Gasteiger partial charge in [0.05, 0.1) is 23.2 Å². The second-order valence-corrected chi connectivity index (χ2v) is 8.66. The van der Waals surface area contributed by atoms with E-state index in [0.29, 0.717) is 22.3 Å². The van der Waals surface area contributed by atoms with Crippen molar-refractivity contribution in [3.63, 3.8) is 0 Å². The van der Waals surface area contributed by atoms with E-state index >= 15 is 0 Å². The van der Waals surface area contributed by atoms with Gasteiger partial charge in [-0.15, -0.1) is 0 Å². The lowest BCUT2D eigenvalue weighted by molar-refractivity contribution is 0.598. The Morgan fingerprint density at radius 1 is 0.812 bits per heavy atom. The molecule has 0 saturated carbocycles. The number of nitrogens with zero attached hydrogens (tertiary/aromatic N) is 2. The van der Waals surface area contributed by atoms with Gasteiger partial charge in [-0.05, 0) is 53.1 Å². The van der Waals surface area contributed by atoms with Gasteiger partial charge in [0.2, 0.25) is 10.0 Å². The second-order valence-electron chi connectivity index (χ2n) is 7.10. The number of nitrogens with two attached hydrogens (primary N) is 1. The molecule has 1 aromatic heterocycles. The van der Waals surface area contributed by atoms with Gasteiger partial charge in [0, 0.05) is 5.56 Å². The molecule has 162 valence electrons. The summed E-state index contributed by atoms with van der Waals surface area (Å²) in [5.74, 6) is -0.840. The normalized spacial score (nSPS) is 11.5. The van der Waals surface area contributed by atoms with E-state index in [1.54, 1.807) is 12.1 Å². The molecule has 0 radical (unpaired) electrons. The quantitative estimate of drug-likeness (QED) is 0.500. The summed E-state index contributed by atoms with van der Waals surface area (Å²) in [5, 5.41) is 9.40. The van der Waals surface area contributed by atoms with Crippen LogP contribution < -0.4 is 10.7 Å². The second kappa shape index (κ2) is 8.45. The number of rotatable bonds is 5. The van der Waals surface area contributed by atoms with Crippen LogP contribution in [0.25, 0.3) is 22.3 Å². The molecule has 0 fully saturated rings. The Hall–Kier alpha value is -3.69. The zero-order valence-corrected chi connectivity index (χ0v) is 17.4. The topological polar surface area (TPSA) is 95.1 Å². The molecule has 4 aromatic rings. The molecule has 32 heavy (non-hydrogen) atoms. The fourth-order valence-electron chi connectivity index (χ4n) is 3.30. The molecule has 0 spiro atoms. The van der Waals surface area contributed by atoms with Crippen molar-refractivity contribution in [3.8, 4) is 22.3 Å². The van der Waals surface area contributed by atoms with Crippen LogP contribution in [0, 0.1) is 11.6 Å². The minimum absolute atomic E-state index is 0.0674. The number of hydrogen-bond donors (Lipinski definition) is 1. The third-order valence-electron chi connectivity index (χ3n) is 4.92. The van der Waals surface area contributed by atoms with Crippen molar-refractivity contribution in [2.75, 3.05) is 0 Å². The highest BCUT2D eigenvalue weighted by atomic mass is 32.2. The van der Waals surface area contributed by atoms with Crippen LogP contribution in [0.5, 0.6) is 0 Å². The molecular weight excluding hydrogens is 436 g/mol. The fraction of sp³-hybridized carbons (Fsp3) is 0.0435. The van der Waals surface area contributed by atoms with Gasteiger partial charge in [0.1, 0.15) is 11.6 Å². The van der Waals surface area contributed by atoms with E-state index in [1.165, 1.54) is 71.5 Å². The van der Waals surface area contributed by atoms with Crippen molar-refractivity contribution < 1.29 is 17.2 Å². The predicted octanol–water partition coefficient (Wildman–Crippen LogP) is 3.55. The molecule has 6 nitrogen and oxygen atoms in total. The van der Waals surface area contributed by atoms with Crippen LogP contribution in [0.1, 0.15) is 5.56 Å². The highest BCUT2D eigenvalue weighted by Crippen LogP contribution is 2.29. The molecule has 3 aromatic carbocycles. The first-order valence-electron chi connectivity index (χ1n) is 9.46. The van der Waals surface area contributed by atoms with Gasteiger partial charge in [-0.25, -0.2) is 27.0 Å². The van der Waals surface area contributed by atoms with Crippen molar-refractivity contribution in [2.45, 2.75) is 11.4 Å². The number of halogens is 2. The molecular formula is C23H17F2N3O3S. The Balaban J connectivity index is 1.86. The Morgan fingerprint density at radius 2 is 1.34 bits per heavy atom. The van der Waals surface area contributed by atoms with E-state index in [2.05, 4.69) is 5.10 Å². The van der Waals surface area contributed by atoms with Crippen molar-refractivity contribution in [3.05, 3.63) is 107 Å². The molecule has 0 aliphatic heterocycles. The number of aromatic nitrogens is 2. The molecule has 0 aliphatic carbocycles. The van der Waals surface area contributed by atoms with E-state index in [0.717, 1.165) is 0 Å². The lowest BCUT2D eigenvalue weighted by Crippen LogP contribution is -2.25. The Bertz CT molecular complexity index is 1430. The molecule has 0 saturated heterocycles. The van der Waals surface area contributed by atoms with Gasteiger partial charge < -0.3 is 0 Å². The molecule has 0 atom stereocenters. The molecule has 2 N–H and O–H groups in total. The number of primary sulfonamides is 1. The van der Waals surface area contributed by atoms with Crippen molar-refractivity contribution in [1.82, 2.24) is 9.78 Å². The summed E-state index contributed by atoms with van der Waals surface area (Å²) in [4.78, 5) is 13.3. The first-order chi connectivity index (χ1) is 15.2. The first-order valence-corrected chi connectivity index (χ1v) is 11.0. The van der Waals surface area contributed by atoms with E-state index in [9.17, 15) is 22.0 Å². The van der Waals surface area contributed by atoms with Gasteiger partial charge in [-0.2, -0.15) is 5.10 Å². The maximum atomic E-state index is 13.5. The lowest BCUT2D eigenvalue weighted by atomic mass is 9.97. The van der Waals surface area contributed by atoms with Crippen LogP contribution in [0.3, 0.4) is 0 Å². The van der Waals surface area contributed by atoms with Crippen LogP contribution in [-0.4, -0.2) is 18.2 Å². The highest BCUT2D eigenvalue weighted by molar-refractivity contribution is 7.89. The minimum atomic E-state index is -3.87. The molecule has 1 heterocycles. The van der Waals surface area contributed by atoms with Crippen LogP contribution in [-0.2, 0) is 16.6 Å². The summed E-state index contributed by atoms with van der Waals surface area (Å²) in [6, 6.07) is 16.9. The fourth-order valence-corrected chi connectivity index (χ4v) is 3.82. The summed E-state index contributed by atoms with van der Waals surface area (Å²) >= 11 is 0. The van der Waals surface area contributed by atoms with Crippen molar-refractivity contribution >= 4 is 10.0 Å². The molecule has 0 unspecified atom stereocenters. The lowest BCUT2D eigenvalue weighted by Gasteiger charge is -2.13. The summed E-state index contributed by atoms with van der Waals surface area (Å²) in [6.45, 7) is 0.109. The largest absolute Gasteiger partial charge is 0.275 e. The van der Waals surface area contributed by atoms with Crippen LogP contribution in [0.15, 0.2) is 88.7 Å². The van der Waals surface area contributed by atoms with Crippen LogP contribution in [0.4, 0.5) is 8.78 Å². The Labute approximate surface area is 182 Å². The standard InChI is InChI=1S/C23H17F2N3O3S/c24-18-7-1-15(2-8-18)14-28-23(29)22(17-3-9-19(25)10-4-17)21(13-27-28)16-5-11-20(12-6-16)32(26,30)31/h1-13H,14H2,(H2,26,30,31). The summed E-state index contributed by atoms with van der Waals surface area (Å²) in [5.41, 5.74) is 1.96. The SMILES string of the molecule is NS(=O)(=O)c1ccc(-c2cnn(Cc3ccc(F)cc3)c(=O)c2-c2ccc(F)cc2)cc1. The van der Waals surface area contributed by atoms with Crippen molar-refractivity contribution in [1.29, 1.82) is 0 Å². The average molecular weight is 453 g/mol. The third kappa shape index (κ3) is 4.48. The van der Waals surface area contributed by atoms with E-state index in [4.69, 9.17) is 5.14 Å². The highest BCUT2D eigenvalue weighted by Gasteiger charge is 2.17. The predicted molar refractivity (Wildman–Crippen MR) is 116 cm³/mol. The number of benzene rings is 3. The molecule has 0 amide bonds. The first kappa shape index (κ1) is 21.5. The summed E-state index contributed by atoms with van der Waals surface area (Å²) in [6.07, 6.45) is 1.48. The van der Waals surface area contributed by atoms with Crippen LogP contribution in [0.2, 0.25) is 0 Å². The summed E-state index contributed by atoms with van der Waals surface area (Å²) in [7, 11) is -3.87. The van der Waals surface area contributed by atoms with Crippen LogP contribution >= 0.6 is 0 Å².